The summed E-state index contributed by atoms with van der Waals surface area (Å²) in [6, 6.07) is 13.0. The molecule has 1 aliphatic rings. The molecular formula is C18H18Cl2N2O. The number of fused-ring (bicyclic) bond motifs is 1. The molecule has 1 N–H and O–H groups in total. The van der Waals surface area contributed by atoms with Gasteiger partial charge in [0.1, 0.15) is 6.04 Å². The lowest BCUT2D eigenvalue weighted by Crippen LogP contribution is -2.44. The van der Waals surface area contributed by atoms with Crippen LogP contribution in [0.1, 0.15) is 18.9 Å². The fraction of sp³-hybridized carbons (Fsp3) is 0.278. The molecule has 0 aromatic heterocycles. The minimum Gasteiger partial charge on any atom is -0.360 e. The first-order valence-corrected chi connectivity index (χ1v) is 8.42. The van der Waals surface area contributed by atoms with Gasteiger partial charge in [-0.3, -0.25) is 4.79 Å². The van der Waals surface area contributed by atoms with E-state index in [1.54, 1.807) is 18.2 Å². The topological polar surface area (TPSA) is 32.3 Å². The van der Waals surface area contributed by atoms with Crippen LogP contribution in [0.5, 0.6) is 0 Å². The molecule has 120 valence electrons. The number of anilines is 2. The lowest BCUT2D eigenvalue weighted by Gasteiger charge is -2.35. The molecule has 0 aliphatic carbocycles. The number of halogens is 2. The highest BCUT2D eigenvalue weighted by Crippen LogP contribution is 2.30. The molecule has 0 saturated heterocycles. The minimum atomic E-state index is -0.286. The number of hydrogen-bond donors (Lipinski definition) is 1. The van der Waals surface area contributed by atoms with Gasteiger partial charge in [0, 0.05) is 17.3 Å². The second-order valence-corrected chi connectivity index (χ2v) is 6.56. The average Bonchev–Trinajstić information content (AvgIpc) is 2.57. The summed E-state index contributed by atoms with van der Waals surface area (Å²) in [6.07, 6.45) is 2.10. The monoisotopic (exact) mass is 348 g/mol. The van der Waals surface area contributed by atoms with Crippen LogP contribution >= 0.6 is 23.2 Å². The van der Waals surface area contributed by atoms with Crippen molar-refractivity contribution in [3.05, 3.63) is 58.1 Å². The molecule has 2 aromatic carbocycles. The number of carbonyl (C=O) groups is 1. The second kappa shape index (κ2) is 6.81. The molecule has 5 heteroatoms. The number of para-hydroxylation sites is 1. The lowest BCUT2D eigenvalue weighted by molar-refractivity contribution is -0.117. The first-order chi connectivity index (χ1) is 11.1. The molecule has 0 bridgehead atoms. The lowest BCUT2D eigenvalue weighted by atomic mass is 10.00. The van der Waals surface area contributed by atoms with Crippen LogP contribution in [0.4, 0.5) is 11.4 Å². The standard InChI is InChI=1S/C18H18Cl2N2O/c1-12(18(23)21-16-11-14(19)8-9-15(16)20)22-10-4-6-13-5-2-3-7-17(13)22/h2-3,5,7-9,11-12H,4,6,10H2,1H3,(H,21,23)/t12-/m0/s1. The Labute approximate surface area is 146 Å². The van der Waals surface area contributed by atoms with E-state index in [1.807, 2.05) is 19.1 Å². The van der Waals surface area contributed by atoms with Gasteiger partial charge < -0.3 is 10.2 Å². The molecule has 1 heterocycles. The summed E-state index contributed by atoms with van der Waals surface area (Å²) < 4.78 is 0. The quantitative estimate of drug-likeness (QED) is 0.865. The third kappa shape index (κ3) is 3.46. The largest absolute Gasteiger partial charge is 0.360 e. The van der Waals surface area contributed by atoms with Gasteiger partial charge in [-0.1, -0.05) is 41.4 Å². The van der Waals surface area contributed by atoms with Crippen LogP contribution in [-0.4, -0.2) is 18.5 Å². The van der Waals surface area contributed by atoms with Gasteiger partial charge in [0.2, 0.25) is 5.91 Å². The summed E-state index contributed by atoms with van der Waals surface area (Å²) in [5.74, 6) is -0.0918. The summed E-state index contributed by atoms with van der Waals surface area (Å²) >= 11 is 12.1. The number of rotatable bonds is 3. The van der Waals surface area contributed by atoms with Crippen molar-refractivity contribution in [3.63, 3.8) is 0 Å². The van der Waals surface area contributed by atoms with Crippen LogP contribution in [0.15, 0.2) is 42.5 Å². The maximum Gasteiger partial charge on any atom is 0.246 e. The third-order valence-electron chi connectivity index (χ3n) is 4.18. The third-order valence-corrected chi connectivity index (χ3v) is 4.74. The Morgan fingerprint density at radius 1 is 1.22 bits per heavy atom. The summed E-state index contributed by atoms with van der Waals surface area (Å²) in [5, 5.41) is 3.90. The van der Waals surface area contributed by atoms with Crippen molar-refractivity contribution in [2.24, 2.45) is 0 Å². The highest BCUT2D eigenvalue weighted by molar-refractivity contribution is 6.35. The Balaban J connectivity index is 1.79. The van der Waals surface area contributed by atoms with Crippen LogP contribution < -0.4 is 10.2 Å². The normalized spacial score (nSPS) is 15.0. The van der Waals surface area contributed by atoms with Crippen LogP contribution in [0, 0.1) is 0 Å². The maximum atomic E-state index is 12.6. The Bertz CT molecular complexity index is 733. The van der Waals surface area contributed by atoms with E-state index in [9.17, 15) is 4.79 Å². The van der Waals surface area contributed by atoms with Gasteiger partial charge in [0.15, 0.2) is 0 Å². The van der Waals surface area contributed by atoms with Crippen molar-refractivity contribution in [2.45, 2.75) is 25.8 Å². The summed E-state index contributed by atoms with van der Waals surface area (Å²) in [5.41, 5.74) is 2.97. The van der Waals surface area contributed by atoms with E-state index < -0.39 is 0 Å². The molecule has 0 fully saturated rings. The van der Waals surface area contributed by atoms with Crippen LogP contribution in [0.25, 0.3) is 0 Å². The molecule has 3 nitrogen and oxygen atoms in total. The number of nitrogens with one attached hydrogen (secondary N) is 1. The van der Waals surface area contributed by atoms with E-state index in [0.29, 0.717) is 15.7 Å². The summed E-state index contributed by atoms with van der Waals surface area (Å²) in [4.78, 5) is 14.8. The number of nitrogens with zero attached hydrogens (tertiary/aromatic N) is 1. The Morgan fingerprint density at radius 3 is 2.83 bits per heavy atom. The molecule has 0 saturated carbocycles. The average molecular weight is 349 g/mol. The number of amides is 1. The Hall–Kier alpha value is -1.71. The second-order valence-electron chi connectivity index (χ2n) is 5.72. The van der Waals surface area contributed by atoms with Crippen molar-refractivity contribution < 1.29 is 4.79 Å². The van der Waals surface area contributed by atoms with Gasteiger partial charge in [-0.05, 0) is 49.6 Å². The number of carbonyl (C=O) groups excluding carboxylic acids is 1. The fourth-order valence-corrected chi connectivity index (χ4v) is 3.27. The van der Waals surface area contributed by atoms with Crippen molar-refractivity contribution in [1.29, 1.82) is 0 Å². The predicted octanol–water partition coefficient (Wildman–Crippen LogP) is 4.77. The first-order valence-electron chi connectivity index (χ1n) is 7.67. The van der Waals surface area contributed by atoms with Gasteiger partial charge in [-0.25, -0.2) is 0 Å². The fourth-order valence-electron chi connectivity index (χ4n) is 2.94. The predicted molar refractivity (Wildman–Crippen MR) is 96.7 cm³/mol. The molecule has 2 aromatic rings. The summed E-state index contributed by atoms with van der Waals surface area (Å²) in [6.45, 7) is 2.78. The summed E-state index contributed by atoms with van der Waals surface area (Å²) in [7, 11) is 0. The van der Waals surface area contributed by atoms with Gasteiger partial charge in [-0.15, -0.1) is 0 Å². The molecule has 1 aliphatic heterocycles. The number of hydrogen-bond acceptors (Lipinski definition) is 2. The molecule has 1 amide bonds. The maximum absolute atomic E-state index is 12.6. The molecule has 1 atom stereocenters. The van der Waals surface area contributed by atoms with E-state index in [0.717, 1.165) is 25.1 Å². The van der Waals surface area contributed by atoms with Crippen molar-refractivity contribution in [1.82, 2.24) is 0 Å². The molecule has 0 radical (unpaired) electrons. The zero-order valence-electron chi connectivity index (χ0n) is 12.9. The number of aryl methyl sites for hydroxylation is 1. The molecule has 3 rings (SSSR count). The van der Waals surface area contributed by atoms with Crippen LogP contribution in [-0.2, 0) is 11.2 Å². The van der Waals surface area contributed by atoms with Crippen molar-refractivity contribution >= 4 is 40.5 Å². The smallest absolute Gasteiger partial charge is 0.246 e. The Morgan fingerprint density at radius 2 is 2.00 bits per heavy atom. The van der Waals surface area contributed by atoms with E-state index in [-0.39, 0.29) is 11.9 Å². The van der Waals surface area contributed by atoms with E-state index in [2.05, 4.69) is 22.3 Å². The first kappa shape index (κ1) is 16.2. The van der Waals surface area contributed by atoms with Crippen molar-refractivity contribution in [3.8, 4) is 0 Å². The highest BCUT2D eigenvalue weighted by atomic mass is 35.5. The van der Waals surface area contributed by atoms with E-state index in [1.165, 1.54) is 5.56 Å². The SMILES string of the molecule is C[C@@H](C(=O)Nc1cc(Cl)ccc1Cl)N1CCCc2ccccc21. The van der Waals surface area contributed by atoms with E-state index in [4.69, 9.17) is 23.2 Å². The zero-order valence-corrected chi connectivity index (χ0v) is 14.4. The van der Waals surface area contributed by atoms with Gasteiger partial charge in [0.25, 0.3) is 0 Å². The Kier molecular flexibility index (Phi) is 4.79. The van der Waals surface area contributed by atoms with Crippen LogP contribution in [0.2, 0.25) is 10.0 Å². The van der Waals surface area contributed by atoms with Gasteiger partial charge in [0.05, 0.1) is 10.7 Å². The molecule has 0 spiro atoms. The van der Waals surface area contributed by atoms with E-state index >= 15 is 0 Å². The molecular weight excluding hydrogens is 331 g/mol. The van der Waals surface area contributed by atoms with Crippen LogP contribution in [0.3, 0.4) is 0 Å². The molecule has 0 unspecified atom stereocenters. The number of benzene rings is 2. The van der Waals surface area contributed by atoms with Crippen molar-refractivity contribution in [2.75, 3.05) is 16.8 Å². The highest BCUT2D eigenvalue weighted by Gasteiger charge is 2.26. The minimum absolute atomic E-state index is 0.0918. The van der Waals surface area contributed by atoms with Gasteiger partial charge in [-0.2, -0.15) is 0 Å². The molecule has 23 heavy (non-hydrogen) atoms. The van der Waals surface area contributed by atoms with Gasteiger partial charge >= 0.3 is 0 Å². The zero-order chi connectivity index (χ0) is 16.4.